The van der Waals surface area contributed by atoms with Gasteiger partial charge in [-0.05, 0) is 31.4 Å². The minimum absolute atomic E-state index is 0.736. The molecule has 0 aliphatic carbocycles. The Labute approximate surface area is 86.8 Å². The van der Waals surface area contributed by atoms with E-state index < -0.39 is 0 Å². The van der Waals surface area contributed by atoms with E-state index in [0.29, 0.717) is 0 Å². The molecule has 2 heteroatoms. The van der Waals surface area contributed by atoms with E-state index in [1.54, 1.807) is 0 Å². The largest absolute Gasteiger partial charge is 0.383 e. The molecule has 1 rings (SSSR count). The van der Waals surface area contributed by atoms with Gasteiger partial charge in [-0.2, -0.15) is 0 Å². The third-order valence-electron chi connectivity index (χ3n) is 2.43. The SMILES string of the molecule is CCC[C@H](C)CNc1cccnc1C. The molecule has 0 unspecified atom stereocenters. The molecule has 78 valence electrons. The molecule has 0 saturated carbocycles. The second-order valence-electron chi connectivity index (χ2n) is 3.91. The van der Waals surface area contributed by atoms with E-state index in [1.807, 2.05) is 19.2 Å². The van der Waals surface area contributed by atoms with Crippen LogP contribution in [0.15, 0.2) is 18.3 Å². The Bertz CT molecular complexity index is 271. The summed E-state index contributed by atoms with van der Waals surface area (Å²) in [6.07, 6.45) is 4.37. The number of aromatic nitrogens is 1. The molecule has 14 heavy (non-hydrogen) atoms. The first-order valence-electron chi connectivity index (χ1n) is 5.39. The maximum absolute atomic E-state index is 4.24. The van der Waals surface area contributed by atoms with Crippen molar-refractivity contribution in [2.24, 2.45) is 5.92 Å². The van der Waals surface area contributed by atoms with Crippen molar-refractivity contribution in [1.82, 2.24) is 4.98 Å². The van der Waals surface area contributed by atoms with Crippen LogP contribution < -0.4 is 5.32 Å². The minimum Gasteiger partial charge on any atom is -0.383 e. The van der Waals surface area contributed by atoms with Crippen molar-refractivity contribution in [3.05, 3.63) is 24.0 Å². The van der Waals surface area contributed by atoms with Gasteiger partial charge in [-0.1, -0.05) is 20.3 Å². The molecule has 0 saturated heterocycles. The fourth-order valence-corrected chi connectivity index (χ4v) is 1.55. The molecule has 0 aromatic carbocycles. The third kappa shape index (κ3) is 3.36. The lowest BCUT2D eigenvalue weighted by Crippen LogP contribution is -2.11. The van der Waals surface area contributed by atoms with Gasteiger partial charge in [-0.15, -0.1) is 0 Å². The summed E-state index contributed by atoms with van der Waals surface area (Å²) < 4.78 is 0. The van der Waals surface area contributed by atoms with Crippen molar-refractivity contribution >= 4 is 5.69 Å². The minimum atomic E-state index is 0.736. The quantitative estimate of drug-likeness (QED) is 0.774. The van der Waals surface area contributed by atoms with Crippen LogP contribution in [0.3, 0.4) is 0 Å². The average molecular weight is 192 g/mol. The zero-order valence-electron chi connectivity index (χ0n) is 9.38. The second-order valence-corrected chi connectivity index (χ2v) is 3.91. The lowest BCUT2D eigenvalue weighted by molar-refractivity contribution is 0.550. The highest BCUT2D eigenvalue weighted by atomic mass is 14.9. The molecule has 0 aliphatic rings. The van der Waals surface area contributed by atoms with Crippen LogP contribution in [0.5, 0.6) is 0 Å². The first-order valence-corrected chi connectivity index (χ1v) is 5.39. The van der Waals surface area contributed by atoms with Crippen molar-refractivity contribution < 1.29 is 0 Å². The van der Waals surface area contributed by atoms with Crippen LogP contribution in [0.25, 0.3) is 0 Å². The maximum Gasteiger partial charge on any atom is 0.0603 e. The third-order valence-corrected chi connectivity index (χ3v) is 2.43. The molecule has 0 fully saturated rings. The van der Waals surface area contributed by atoms with Crippen LogP contribution >= 0.6 is 0 Å². The molecule has 1 aromatic heterocycles. The fraction of sp³-hybridized carbons (Fsp3) is 0.583. The molecule has 1 N–H and O–H groups in total. The van der Waals surface area contributed by atoms with Crippen LogP contribution in [0.2, 0.25) is 0 Å². The Morgan fingerprint density at radius 1 is 1.50 bits per heavy atom. The lowest BCUT2D eigenvalue weighted by atomic mass is 10.1. The van der Waals surface area contributed by atoms with Crippen molar-refractivity contribution in [3.8, 4) is 0 Å². The van der Waals surface area contributed by atoms with Crippen LogP contribution in [0.1, 0.15) is 32.4 Å². The summed E-state index contributed by atoms with van der Waals surface area (Å²) in [6, 6.07) is 4.06. The van der Waals surface area contributed by atoms with Crippen LogP contribution in [-0.2, 0) is 0 Å². The number of hydrogen-bond donors (Lipinski definition) is 1. The van der Waals surface area contributed by atoms with Gasteiger partial charge in [0.05, 0.1) is 11.4 Å². The van der Waals surface area contributed by atoms with E-state index in [-0.39, 0.29) is 0 Å². The highest BCUT2D eigenvalue weighted by molar-refractivity contribution is 5.46. The Hall–Kier alpha value is -1.05. The Kier molecular flexibility index (Phi) is 4.44. The predicted octanol–water partition coefficient (Wildman–Crippen LogP) is 3.24. The molecule has 1 atom stereocenters. The molecular weight excluding hydrogens is 172 g/mol. The highest BCUT2D eigenvalue weighted by Gasteiger charge is 2.01. The van der Waals surface area contributed by atoms with Gasteiger partial charge in [0.15, 0.2) is 0 Å². The maximum atomic E-state index is 4.24. The number of anilines is 1. The van der Waals surface area contributed by atoms with E-state index in [9.17, 15) is 0 Å². The summed E-state index contributed by atoms with van der Waals surface area (Å²) in [5.74, 6) is 0.736. The van der Waals surface area contributed by atoms with Crippen LogP contribution in [-0.4, -0.2) is 11.5 Å². The van der Waals surface area contributed by atoms with Gasteiger partial charge < -0.3 is 5.32 Å². The van der Waals surface area contributed by atoms with Gasteiger partial charge in [-0.3, -0.25) is 4.98 Å². The van der Waals surface area contributed by atoms with Crippen LogP contribution in [0, 0.1) is 12.8 Å². The number of aryl methyl sites for hydroxylation is 1. The Balaban J connectivity index is 2.41. The van der Waals surface area contributed by atoms with Gasteiger partial charge in [-0.25, -0.2) is 0 Å². The molecule has 0 aliphatic heterocycles. The molecule has 0 radical (unpaired) electrons. The summed E-state index contributed by atoms with van der Waals surface area (Å²) in [4.78, 5) is 4.24. The smallest absolute Gasteiger partial charge is 0.0603 e. The summed E-state index contributed by atoms with van der Waals surface area (Å²) in [5.41, 5.74) is 2.24. The molecule has 1 heterocycles. The summed E-state index contributed by atoms with van der Waals surface area (Å²) in [5, 5.41) is 3.44. The topological polar surface area (TPSA) is 24.9 Å². The Morgan fingerprint density at radius 2 is 2.29 bits per heavy atom. The normalized spacial score (nSPS) is 12.5. The summed E-state index contributed by atoms with van der Waals surface area (Å²) >= 11 is 0. The van der Waals surface area contributed by atoms with E-state index >= 15 is 0 Å². The first kappa shape index (κ1) is 11.0. The Morgan fingerprint density at radius 3 is 2.93 bits per heavy atom. The molecule has 2 nitrogen and oxygen atoms in total. The average Bonchev–Trinajstić information content (AvgIpc) is 2.17. The van der Waals surface area contributed by atoms with Crippen molar-refractivity contribution in [2.75, 3.05) is 11.9 Å². The number of pyridine rings is 1. The van der Waals surface area contributed by atoms with Crippen molar-refractivity contribution in [3.63, 3.8) is 0 Å². The number of nitrogens with one attached hydrogen (secondary N) is 1. The van der Waals surface area contributed by atoms with Gasteiger partial charge in [0.2, 0.25) is 0 Å². The molecule has 0 spiro atoms. The molecule has 0 bridgehead atoms. The van der Waals surface area contributed by atoms with Crippen molar-refractivity contribution in [1.29, 1.82) is 0 Å². The summed E-state index contributed by atoms with van der Waals surface area (Å²) in [7, 11) is 0. The van der Waals surface area contributed by atoms with Crippen LogP contribution in [0.4, 0.5) is 5.69 Å². The van der Waals surface area contributed by atoms with Gasteiger partial charge in [0.1, 0.15) is 0 Å². The highest BCUT2D eigenvalue weighted by Crippen LogP contribution is 2.12. The molecule has 1 aromatic rings. The molecular formula is C12H20N2. The monoisotopic (exact) mass is 192 g/mol. The first-order chi connectivity index (χ1) is 6.74. The zero-order valence-corrected chi connectivity index (χ0v) is 9.38. The number of hydrogen-bond acceptors (Lipinski definition) is 2. The van der Waals surface area contributed by atoms with E-state index in [2.05, 4.69) is 30.2 Å². The van der Waals surface area contributed by atoms with E-state index in [1.165, 1.54) is 12.8 Å². The number of rotatable bonds is 5. The second kappa shape index (κ2) is 5.63. The predicted molar refractivity (Wildman–Crippen MR) is 61.5 cm³/mol. The van der Waals surface area contributed by atoms with E-state index in [4.69, 9.17) is 0 Å². The van der Waals surface area contributed by atoms with Gasteiger partial charge >= 0.3 is 0 Å². The number of nitrogens with zero attached hydrogens (tertiary/aromatic N) is 1. The zero-order chi connectivity index (χ0) is 10.4. The fourth-order valence-electron chi connectivity index (χ4n) is 1.55. The van der Waals surface area contributed by atoms with Gasteiger partial charge in [0.25, 0.3) is 0 Å². The van der Waals surface area contributed by atoms with Gasteiger partial charge in [0, 0.05) is 12.7 Å². The van der Waals surface area contributed by atoms with E-state index in [0.717, 1.165) is 23.8 Å². The van der Waals surface area contributed by atoms with Crippen molar-refractivity contribution in [2.45, 2.75) is 33.6 Å². The standard InChI is InChI=1S/C12H20N2/c1-4-6-10(2)9-14-12-7-5-8-13-11(12)3/h5,7-8,10,14H,4,6,9H2,1-3H3/t10-/m0/s1. The molecule has 0 amide bonds. The lowest BCUT2D eigenvalue weighted by Gasteiger charge is -2.13. The summed E-state index contributed by atoms with van der Waals surface area (Å²) in [6.45, 7) is 7.58.